The number of hydrogen-bond donors (Lipinski definition) is 2. The maximum atomic E-state index is 10.4. The van der Waals surface area contributed by atoms with Gasteiger partial charge in [-0.1, -0.05) is 40.2 Å². The van der Waals surface area contributed by atoms with Gasteiger partial charge in [0.1, 0.15) is 17.7 Å². The van der Waals surface area contributed by atoms with Crippen LogP contribution in [0.25, 0.3) is 0 Å². The van der Waals surface area contributed by atoms with E-state index in [0.29, 0.717) is 18.1 Å². The van der Waals surface area contributed by atoms with Crippen LogP contribution in [0.2, 0.25) is 0 Å². The summed E-state index contributed by atoms with van der Waals surface area (Å²) in [5.41, 5.74) is 2.39. The van der Waals surface area contributed by atoms with E-state index >= 15 is 0 Å². The molecule has 1 unspecified atom stereocenters. The number of hydrogen-bond acceptors (Lipinski definition) is 5. The number of halogens is 1. The van der Waals surface area contributed by atoms with E-state index in [1.165, 1.54) is 0 Å². The molecule has 128 valence electrons. The van der Waals surface area contributed by atoms with E-state index in [4.69, 9.17) is 4.74 Å². The van der Waals surface area contributed by atoms with E-state index in [1.807, 2.05) is 54.6 Å². The first-order valence-electron chi connectivity index (χ1n) is 7.79. The third-order valence-corrected chi connectivity index (χ3v) is 4.26. The minimum absolute atomic E-state index is 0.507. The highest BCUT2D eigenvalue weighted by Crippen LogP contribution is 2.23. The zero-order valence-corrected chi connectivity index (χ0v) is 15.3. The Hall–Kier alpha value is -2.44. The number of methoxy groups -OCH3 is 1. The Labute approximate surface area is 154 Å². The van der Waals surface area contributed by atoms with Crippen molar-refractivity contribution in [3.05, 3.63) is 82.0 Å². The summed E-state index contributed by atoms with van der Waals surface area (Å²) in [6, 6.07) is 18.9. The average Bonchev–Trinajstić information content (AvgIpc) is 2.66. The van der Waals surface area contributed by atoms with E-state index in [-0.39, 0.29) is 0 Å². The number of aromatic nitrogens is 2. The normalized spacial score (nSPS) is 11.8. The Morgan fingerprint density at radius 1 is 1.08 bits per heavy atom. The van der Waals surface area contributed by atoms with Gasteiger partial charge in [0.15, 0.2) is 0 Å². The minimum atomic E-state index is -0.805. The molecule has 0 radical (unpaired) electrons. The lowest BCUT2D eigenvalue weighted by Gasteiger charge is -2.11. The molecule has 6 heteroatoms. The van der Waals surface area contributed by atoms with Gasteiger partial charge in [-0.15, -0.1) is 5.10 Å². The third-order valence-electron chi connectivity index (χ3n) is 3.76. The second-order valence-electron chi connectivity index (χ2n) is 5.50. The minimum Gasteiger partial charge on any atom is -0.497 e. The second-order valence-corrected chi connectivity index (χ2v) is 6.42. The second kappa shape index (κ2) is 8.09. The van der Waals surface area contributed by atoms with Gasteiger partial charge in [0, 0.05) is 11.0 Å². The topological polar surface area (TPSA) is 67.3 Å². The molecule has 0 aliphatic heterocycles. The molecule has 25 heavy (non-hydrogen) atoms. The van der Waals surface area contributed by atoms with E-state index in [1.54, 1.807) is 13.2 Å². The zero-order valence-electron chi connectivity index (χ0n) is 13.7. The molecule has 1 aromatic heterocycles. The predicted molar refractivity (Wildman–Crippen MR) is 101 cm³/mol. The number of aliphatic hydroxyl groups excluding tert-OH is 1. The number of nitrogens with zero attached hydrogens (tertiary/aromatic N) is 2. The number of nitrogens with one attached hydrogen (secondary N) is 1. The van der Waals surface area contributed by atoms with Crippen molar-refractivity contribution < 1.29 is 9.84 Å². The van der Waals surface area contributed by atoms with Crippen LogP contribution >= 0.6 is 15.9 Å². The summed E-state index contributed by atoms with van der Waals surface area (Å²) in [7, 11) is 1.65. The number of aliphatic hydroxyl groups is 1. The van der Waals surface area contributed by atoms with Gasteiger partial charge in [-0.05, 0) is 47.5 Å². The molecule has 0 saturated heterocycles. The van der Waals surface area contributed by atoms with E-state index in [2.05, 4.69) is 31.4 Å². The molecule has 5 nitrogen and oxygen atoms in total. The van der Waals surface area contributed by atoms with Crippen molar-refractivity contribution in [2.24, 2.45) is 0 Å². The Morgan fingerprint density at radius 3 is 2.52 bits per heavy atom. The van der Waals surface area contributed by atoms with Gasteiger partial charge in [0.2, 0.25) is 0 Å². The van der Waals surface area contributed by atoms with Crippen LogP contribution in [-0.4, -0.2) is 22.4 Å². The van der Waals surface area contributed by atoms with Gasteiger partial charge >= 0.3 is 0 Å². The van der Waals surface area contributed by atoms with Gasteiger partial charge in [-0.3, -0.25) is 0 Å². The average molecular weight is 400 g/mol. The highest BCUT2D eigenvalue weighted by molar-refractivity contribution is 9.10. The van der Waals surface area contributed by atoms with Crippen molar-refractivity contribution in [2.75, 3.05) is 12.4 Å². The Morgan fingerprint density at radius 2 is 1.88 bits per heavy atom. The first-order chi connectivity index (χ1) is 12.2. The molecule has 0 spiro atoms. The van der Waals surface area contributed by atoms with Crippen LogP contribution in [0.5, 0.6) is 5.75 Å². The van der Waals surface area contributed by atoms with Crippen LogP contribution in [0.1, 0.15) is 22.9 Å². The molecule has 3 aromatic rings. The lowest BCUT2D eigenvalue weighted by atomic mass is 10.1. The van der Waals surface area contributed by atoms with Crippen LogP contribution in [0, 0.1) is 0 Å². The number of benzene rings is 2. The lowest BCUT2D eigenvalue weighted by Crippen LogP contribution is -2.07. The van der Waals surface area contributed by atoms with Crippen molar-refractivity contribution >= 4 is 21.7 Å². The zero-order chi connectivity index (χ0) is 17.6. The first kappa shape index (κ1) is 17.4. The summed E-state index contributed by atoms with van der Waals surface area (Å²) < 4.78 is 6.05. The first-order valence-corrected chi connectivity index (χ1v) is 8.59. The van der Waals surface area contributed by atoms with Crippen molar-refractivity contribution in [3.8, 4) is 5.75 Å². The molecule has 0 bridgehead atoms. The number of rotatable bonds is 6. The highest BCUT2D eigenvalue weighted by atomic mass is 79.9. The number of anilines is 1. The van der Waals surface area contributed by atoms with Crippen LogP contribution in [0.4, 0.5) is 5.82 Å². The molecule has 0 aliphatic rings. The Kier molecular flexibility index (Phi) is 5.63. The van der Waals surface area contributed by atoms with E-state index < -0.39 is 6.10 Å². The van der Waals surface area contributed by atoms with Crippen molar-refractivity contribution in [3.63, 3.8) is 0 Å². The molecule has 2 aromatic carbocycles. The lowest BCUT2D eigenvalue weighted by molar-refractivity contribution is 0.214. The standard InChI is InChI=1S/C19H18BrN3O2/c1-25-16-7-5-13(6-8-16)12-21-18-10-9-17(22-23-18)19(24)14-3-2-4-15(20)11-14/h2-11,19,24H,12H2,1H3,(H,21,23). The fourth-order valence-corrected chi connectivity index (χ4v) is 2.78. The largest absolute Gasteiger partial charge is 0.497 e. The maximum absolute atomic E-state index is 10.4. The van der Waals surface area contributed by atoms with E-state index in [0.717, 1.165) is 21.3 Å². The highest BCUT2D eigenvalue weighted by Gasteiger charge is 2.12. The van der Waals surface area contributed by atoms with Crippen LogP contribution in [-0.2, 0) is 6.54 Å². The molecule has 0 amide bonds. The molecule has 1 atom stereocenters. The van der Waals surface area contributed by atoms with Crippen LogP contribution in [0.15, 0.2) is 65.1 Å². The Balaban J connectivity index is 1.63. The summed E-state index contributed by atoms with van der Waals surface area (Å²) in [6.07, 6.45) is -0.805. The van der Waals surface area contributed by atoms with Crippen molar-refractivity contribution in [2.45, 2.75) is 12.6 Å². The maximum Gasteiger partial charge on any atom is 0.148 e. The van der Waals surface area contributed by atoms with Crippen LogP contribution in [0.3, 0.4) is 0 Å². The van der Waals surface area contributed by atoms with Gasteiger partial charge < -0.3 is 15.2 Å². The fraction of sp³-hybridized carbons (Fsp3) is 0.158. The van der Waals surface area contributed by atoms with Crippen molar-refractivity contribution in [1.82, 2.24) is 10.2 Å². The molecule has 0 aliphatic carbocycles. The molecule has 2 N–H and O–H groups in total. The van der Waals surface area contributed by atoms with Gasteiger partial charge in [-0.25, -0.2) is 0 Å². The molecule has 1 heterocycles. The number of ether oxygens (including phenoxy) is 1. The Bertz CT molecular complexity index is 823. The summed E-state index contributed by atoms with van der Waals surface area (Å²) >= 11 is 3.40. The van der Waals surface area contributed by atoms with Gasteiger partial charge in [-0.2, -0.15) is 5.10 Å². The van der Waals surface area contributed by atoms with Crippen molar-refractivity contribution in [1.29, 1.82) is 0 Å². The van der Waals surface area contributed by atoms with Gasteiger partial charge in [0.05, 0.1) is 12.8 Å². The third kappa shape index (κ3) is 4.55. The summed E-state index contributed by atoms with van der Waals surface area (Å²) in [5, 5.41) is 21.9. The fourth-order valence-electron chi connectivity index (χ4n) is 2.37. The monoisotopic (exact) mass is 399 g/mol. The summed E-state index contributed by atoms with van der Waals surface area (Å²) in [4.78, 5) is 0. The van der Waals surface area contributed by atoms with Gasteiger partial charge in [0.25, 0.3) is 0 Å². The quantitative estimate of drug-likeness (QED) is 0.656. The summed E-state index contributed by atoms with van der Waals surface area (Å²) in [5.74, 6) is 1.48. The SMILES string of the molecule is COc1ccc(CNc2ccc(C(O)c3cccc(Br)c3)nn2)cc1. The molecule has 0 fully saturated rings. The molecule has 0 saturated carbocycles. The molecular formula is C19H18BrN3O2. The molecule has 3 rings (SSSR count). The summed E-state index contributed by atoms with van der Waals surface area (Å²) in [6.45, 7) is 0.631. The smallest absolute Gasteiger partial charge is 0.148 e. The van der Waals surface area contributed by atoms with E-state index in [9.17, 15) is 5.11 Å². The molecular weight excluding hydrogens is 382 g/mol. The predicted octanol–water partition coefficient (Wildman–Crippen LogP) is 3.94. The van der Waals surface area contributed by atoms with Crippen LogP contribution < -0.4 is 10.1 Å².